The van der Waals surface area contributed by atoms with E-state index in [1.165, 1.54) is 20.4 Å². The molecule has 0 aliphatic heterocycles. The molecule has 0 aliphatic rings. The van der Waals surface area contributed by atoms with Gasteiger partial charge in [0, 0.05) is 8.95 Å². The Morgan fingerprint density at radius 3 is 2.57 bits per heavy atom. The number of halogens is 2. The van der Waals surface area contributed by atoms with E-state index >= 15 is 0 Å². The first-order chi connectivity index (χ1) is 10.1. The highest BCUT2D eigenvalue weighted by Gasteiger charge is 2.22. The van der Waals surface area contributed by atoms with Crippen LogP contribution < -0.4 is 20.7 Å². The molecule has 6 nitrogen and oxygen atoms in total. The molecule has 1 aromatic carbocycles. The third kappa shape index (κ3) is 3.52. The van der Waals surface area contributed by atoms with Gasteiger partial charge in [0.05, 0.1) is 26.5 Å². The van der Waals surface area contributed by atoms with Gasteiger partial charge in [0.1, 0.15) is 5.69 Å². The number of aromatic nitrogens is 2. The number of ether oxygens (including phenoxy) is 2. The van der Waals surface area contributed by atoms with Gasteiger partial charge in [-0.25, -0.2) is 10.4 Å². The summed E-state index contributed by atoms with van der Waals surface area (Å²) in [7, 11) is 3.05. The number of nitrogens with two attached hydrogens (primary N) is 1. The molecule has 2 aromatic rings. The first kappa shape index (κ1) is 16.2. The van der Waals surface area contributed by atoms with Crippen molar-refractivity contribution in [1.29, 1.82) is 0 Å². The van der Waals surface area contributed by atoms with E-state index in [1.54, 1.807) is 0 Å². The lowest BCUT2D eigenvalue weighted by Crippen LogP contribution is -2.30. The second kappa shape index (κ2) is 7.17. The summed E-state index contributed by atoms with van der Waals surface area (Å²) in [5.74, 6) is 6.43. The van der Waals surface area contributed by atoms with Crippen LogP contribution in [0, 0.1) is 0 Å². The minimum atomic E-state index is -0.374. The van der Waals surface area contributed by atoms with Gasteiger partial charge < -0.3 is 9.47 Å². The predicted molar refractivity (Wildman–Crippen MR) is 86.1 cm³/mol. The van der Waals surface area contributed by atoms with Crippen LogP contribution in [0.5, 0.6) is 11.8 Å². The smallest absolute Gasteiger partial charge is 0.240 e. The van der Waals surface area contributed by atoms with Gasteiger partial charge in [-0.05, 0) is 17.7 Å². The van der Waals surface area contributed by atoms with Crippen LogP contribution in [0.4, 0.5) is 0 Å². The molecule has 0 saturated heterocycles. The molecule has 3 N–H and O–H groups in total. The molecule has 0 bridgehead atoms. The highest BCUT2D eigenvalue weighted by Crippen LogP contribution is 2.33. The van der Waals surface area contributed by atoms with Crippen molar-refractivity contribution in [2.45, 2.75) is 6.04 Å². The average molecular weight is 418 g/mol. The van der Waals surface area contributed by atoms with Crippen LogP contribution in [0.1, 0.15) is 17.3 Å². The summed E-state index contributed by atoms with van der Waals surface area (Å²) in [6.07, 6.45) is 1.52. The molecule has 112 valence electrons. The number of hydrogen-bond acceptors (Lipinski definition) is 6. The molecule has 0 amide bonds. The summed E-state index contributed by atoms with van der Waals surface area (Å²) in [6.45, 7) is 0. The Balaban J connectivity index is 2.50. The normalized spacial score (nSPS) is 12.0. The molecule has 0 fully saturated rings. The lowest BCUT2D eigenvalue weighted by molar-refractivity contribution is 0.352. The minimum Gasteiger partial charge on any atom is -0.480 e. The second-order valence-corrected chi connectivity index (χ2v) is 5.84. The Morgan fingerprint density at radius 1 is 1.24 bits per heavy atom. The fraction of sp³-hybridized carbons (Fsp3) is 0.231. The quantitative estimate of drug-likeness (QED) is 0.574. The summed E-state index contributed by atoms with van der Waals surface area (Å²) >= 11 is 6.94. The minimum absolute atomic E-state index is 0.354. The van der Waals surface area contributed by atoms with Crippen LogP contribution in [0.2, 0.25) is 0 Å². The zero-order chi connectivity index (χ0) is 15.4. The maximum atomic E-state index is 5.70. The number of hydrogen-bond donors (Lipinski definition) is 2. The summed E-state index contributed by atoms with van der Waals surface area (Å²) in [5, 5.41) is 0. The maximum absolute atomic E-state index is 5.70. The SMILES string of the molecule is COc1cnc(C(NN)c2ccc(Br)cc2Br)c(OC)n1. The molecular formula is C13H14Br2N4O2. The van der Waals surface area contributed by atoms with Crippen LogP contribution in [0.25, 0.3) is 0 Å². The van der Waals surface area contributed by atoms with E-state index in [1.807, 2.05) is 18.2 Å². The molecular weight excluding hydrogens is 404 g/mol. The number of nitrogens with zero attached hydrogens (tertiary/aromatic N) is 2. The van der Waals surface area contributed by atoms with Crippen molar-refractivity contribution in [3.63, 3.8) is 0 Å². The average Bonchev–Trinajstić information content (AvgIpc) is 2.50. The van der Waals surface area contributed by atoms with Gasteiger partial charge in [-0.15, -0.1) is 0 Å². The van der Waals surface area contributed by atoms with E-state index in [2.05, 4.69) is 47.3 Å². The van der Waals surface area contributed by atoms with E-state index < -0.39 is 0 Å². The zero-order valence-electron chi connectivity index (χ0n) is 11.4. The summed E-state index contributed by atoms with van der Waals surface area (Å²) < 4.78 is 12.2. The Bertz CT molecular complexity index is 640. The standard InChI is InChI=1S/C13H14Br2N4O2/c1-20-10-6-17-12(13(18-10)21-2)11(19-16)8-4-3-7(14)5-9(8)15/h3-6,11,19H,16H2,1-2H3. The van der Waals surface area contributed by atoms with Gasteiger partial charge in [-0.1, -0.05) is 37.9 Å². The highest BCUT2D eigenvalue weighted by molar-refractivity contribution is 9.11. The number of nitrogens with one attached hydrogen (secondary N) is 1. The first-order valence-corrected chi connectivity index (χ1v) is 7.55. The van der Waals surface area contributed by atoms with Crippen molar-refractivity contribution < 1.29 is 9.47 Å². The topological polar surface area (TPSA) is 82.3 Å². The van der Waals surface area contributed by atoms with E-state index in [0.29, 0.717) is 17.5 Å². The van der Waals surface area contributed by atoms with Crippen LogP contribution >= 0.6 is 31.9 Å². The third-order valence-electron chi connectivity index (χ3n) is 2.86. The highest BCUT2D eigenvalue weighted by atomic mass is 79.9. The maximum Gasteiger partial charge on any atom is 0.240 e. The number of benzene rings is 1. The predicted octanol–water partition coefficient (Wildman–Crippen LogP) is 2.57. The fourth-order valence-corrected chi connectivity index (χ4v) is 3.14. The summed E-state index contributed by atoms with van der Waals surface area (Å²) in [6, 6.07) is 5.42. The van der Waals surface area contributed by atoms with Crippen LogP contribution in [-0.2, 0) is 0 Å². The fourth-order valence-electron chi connectivity index (χ4n) is 1.86. The van der Waals surface area contributed by atoms with E-state index in [9.17, 15) is 0 Å². The van der Waals surface area contributed by atoms with E-state index in [0.717, 1.165) is 14.5 Å². The first-order valence-electron chi connectivity index (χ1n) is 5.96. The Kier molecular flexibility index (Phi) is 5.51. The Morgan fingerprint density at radius 2 is 2.00 bits per heavy atom. The van der Waals surface area contributed by atoms with Crippen molar-refractivity contribution in [1.82, 2.24) is 15.4 Å². The number of rotatable bonds is 5. The van der Waals surface area contributed by atoms with Crippen molar-refractivity contribution in [3.05, 3.63) is 44.6 Å². The molecule has 1 aromatic heterocycles. The molecule has 1 heterocycles. The van der Waals surface area contributed by atoms with Gasteiger partial charge in [-0.3, -0.25) is 5.84 Å². The van der Waals surface area contributed by atoms with Crippen molar-refractivity contribution >= 4 is 31.9 Å². The molecule has 0 aliphatic carbocycles. The van der Waals surface area contributed by atoms with Crippen molar-refractivity contribution in [3.8, 4) is 11.8 Å². The van der Waals surface area contributed by atoms with Gasteiger partial charge >= 0.3 is 0 Å². The second-order valence-electron chi connectivity index (χ2n) is 4.07. The molecule has 0 radical (unpaired) electrons. The summed E-state index contributed by atoms with van der Waals surface area (Å²) in [4.78, 5) is 8.57. The van der Waals surface area contributed by atoms with Crippen LogP contribution in [-0.4, -0.2) is 24.2 Å². The molecule has 0 saturated carbocycles. The monoisotopic (exact) mass is 416 g/mol. The van der Waals surface area contributed by atoms with Gasteiger partial charge in [0.25, 0.3) is 0 Å². The van der Waals surface area contributed by atoms with Crippen LogP contribution in [0.3, 0.4) is 0 Å². The molecule has 0 spiro atoms. The lowest BCUT2D eigenvalue weighted by Gasteiger charge is -2.19. The van der Waals surface area contributed by atoms with Gasteiger partial charge in [-0.2, -0.15) is 4.98 Å². The molecule has 21 heavy (non-hydrogen) atoms. The summed E-state index contributed by atoms with van der Waals surface area (Å²) in [5.41, 5.74) is 4.23. The third-order valence-corrected chi connectivity index (χ3v) is 4.04. The zero-order valence-corrected chi connectivity index (χ0v) is 14.6. The number of methoxy groups -OCH3 is 2. The molecule has 1 atom stereocenters. The van der Waals surface area contributed by atoms with Gasteiger partial charge in [0.2, 0.25) is 11.8 Å². The van der Waals surface area contributed by atoms with Crippen molar-refractivity contribution in [2.24, 2.45) is 5.84 Å². The molecule has 8 heteroatoms. The van der Waals surface area contributed by atoms with Crippen molar-refractivity contribution in [2.75, 3.05) is 14.2 Å². The Hall–Kier alpha value is -1.22. The van der Waals surface area contributed by atoms with E-state index in [4.69, 9.17) is 15.3 Å². The van der Waals surface area contributed by atoms with E-state index in [-0.39, 0.29) is 6.04 Å². The molecule has 1 unspecified atom stereocenters. The largest absolute Gasteiger partial charge is 0.480 e. The molecule has 2 rings (SSSR count). The lowest BCUT2D eigenvalue weighted by atomic mass is 10.0. The van der Waals surface area contributed by atoms with Crippen LogP contribution in [0.15, 0.2) is 33.3 Å². The van der Waals surface area contributed by atoms with Gasteiger partial charge in [0.15, 0.2) is 0 Å². The number of hydrazine groups is 1. The Labute approximate surface area is 139 Å².